The highest BCUT2D eigenvalue weighted by molar-refractivity contribution is 5.75. The number of carbonyl (C=O) groups is 1. The third kappa shape index (κ3) is 3.77. The number of carbonyl (C=O) groups excluding carboxylic acids is 1. The third-order valence-corrected chi connectivity index (χ3v) is 5.04. The van der Waals surface area contributed by atoms with Gasteiger partial charge in [-0.1, -0.05) is 12.1 Å². The van der Waals surface area contributed by atoms with E-state index in [4.69, 9.17) is 4.42 Å². The standard InChI is InChI=1S/C20H23N5O2/c1-13-5-6-15(10-14(13)2)16-11-22-20(27-16)8-7-19(26)21-12-18-24-23-17-4-3-9-25(17)18/h5-6,10-11H,3-4,7-9,12H2,1-2H3,(H,21,26). The van der Waals surface area contributed by atoms with Gasteiger partial charge in [0.25, 0.3) is 0 Å². The Kier molecular flexibility index (Phi) is 4.75. The van der Waals surface area contributed by atoms with E-state index in [0.717, 1.165) is 42.4 Å². The third-order valence-electron chi connectivity index (χ3n) is 5.04. The number of fused-ring (bicyclic) bond motifs is 1. The van der Waals surface area contributed by atoms with Crippen LogP contribution in [-0.2, 0) is 30.7 Å². The minimum Gasteiger partial charge on any atom is -0.441 e. The molecule has 0 spiro atoms. The molecule has 1 amide bonds. The van der Waals surface area contributed by atoms with Gasteiger partial charge in [-0.15, -0.1) is 10.2 Å². The van der Waals surface area contributed by atoms with Gasteiger partial charge < -0.3 is 14.3 Å². The molecular formula is C20H23N5O2. The van der Waals surface area contributed by atoms with Gasteiger partial charge in [0.15, 0.2) is 17.5 Å². The highest BCUT2D eigenvalue weighted by Crippen LogP contribution is 2.23. The maximum absolute atomic E-state index is 12.1. The molecule has 27 heavy (non-hydrogen) atoms. The van der Waals surface area contributed by atoms with Crippen LogP contribution in [0.4, 0.5) is 0 Å². The van der Waals surface area contributed by atoms with Crippen molar-refractivity contribution in [2.45, 2.75) is 52.6 Å². The monoisotopic (exact) mass is 365 g/mol. The molecular weight excluding hydrogens is 342 g/mol. The molecule has 3 aromatic rings. The fourth-order valence-electron chi connectivity index (χ4n) is 3.28. The zero-order chi connectivity index (χ0) is 18.8. The van der Waals surface area contributed by atoms with Gasteiger partial charge in [-0.3, -0.25) is 4.79 Å². The molecule has 1 aliphatic rings. The van der Waals surface area contributed by atoms with Crippen LogP contribution in [0.2, 0.25) is 0 Å². The first-order chi connectivity index (χ1) is 13.1. The van der Waals surface area contributed by atoms with Crippen LogP contribution in [0, 0.1) is 13.8 Å². The van der Waals surface area contributed by atoms with Crippen LogP contribution in [0.25, 0.3) is 11.3 Å². The van der Waals surface area contributed by atoms with Crippen molar-refractivity contribution in [3.8, 4) is 11.3 Å². The van der Waals surface area contributed by atoms with E-state index in [9.17, 15) is 4.79 Å². The van der Waals surface area contributed by atoms with Crippen molar-refractivity contribution in [2.24, 2.45) is 0 Å². The lowest BCUT2D eigenvalue weighted by molar-refractivity contribution is -0.121. The molecule has 140 valence electrons. The Morgan fingerprint density at radius 3 is 3.00 bits per heavy atom. The van der Waals surface area contributed by atoms with E-state index in [1.54, 1.807) is 6.20 Å². The smallest absolute Gasteiger partial charge is 0.220 e. The zero-order valence-corrected chi connectivity index (χ0v) is 15.7. The Morgan fingerprint density at radius 1 is 1.26 bits per heavy atom. The topological polar surface area (TPSA) is 85.8 Å². The molecule has 0 bridgehead atoms. The molecule has 0 atom stereocenters. The number of nitrogens with zero attached hydrogens (tertiary/aromatic N) is 4. The molecule has 3 heterocycles. The number of amides is 1. The minimum absolute atomic E-state index is 0.0451. The van der Waals surface area contributed by atoms with Crippen LogP contribution in [-0.4, -0.2) is 25.7 Å². The fourth-order valence-corrected chi connectivity index (χ4v) is 3.28. The summed E-state index contributed by atoms with van der Waals surface area (Å²) in [6, 6.07) is 6.18. The quantitative estimate of drug-likeness (QED) is 0.726. The molecule has 0 fully saturated rings. The number of nitrogens with one attached hydrogen (secondary N) is 1. The Labute approximate surface area is 157 Å². The van der Waals surface area contributed by atoms with Gasteiger partial charge in [0, 0.05) is 31.4 Å². The molecule has 0 saturated heterocycles. The molecule has 2 aromatic heterocycles. The summed E-state index contributed by atoms with van der Waals surface area (Å²) in [4.78, 5) is 16.4. The summed E-state index contributed by atoms with van der Waals surface area (Å²) >= 11 is 0. The molecule has 1 aliphatic heterocycles. The normalized spacial score (nSPS) is 13.0. The van der Waals surface area contributed by atoms with Gasteiger partial charge in [0.1, 0.15) is 5.82 Å². The van der Waals surface area contributed by atoms with Crippen LogP contribution in [0.15, 0.2) is 28.8 Å². The number of aromatic nitrogens is 4. The van der Waals surface area contributed by atoms with Gasteiger partial charge in [-0.2, -0.15) is 0 Å². The summed E-state index contributed by atoms with van der Waals surface area (Å²) in [5.74, 6) is 3.09. The minimum atomic E-state index is -0.0451. The predicted octanol–water partition coefficient (Wildman–Crippen LogP) is 2.75. The van der Waals surface area contributed by atoms with E-state index >= 15 is 0 Å². The van der Waals surface area contributed by atoms with Crippen molar-refractivity contribution in [3.63, 3.8) is 0 Å². The first-order valence-electron chi connectivity index (χ1n) is 9.30. The van der Waals surface area contributed by atoms with Gasteiger partial charge in [0.2, 0.25) is 5.91 Å². The number of aryl methyl sites for hydroxylation is 4. The van der Waals surface area contributed by atoms with E-state index in [-0.39, 0.29) is 5.91 Å². The number of oxazole rings is 1. The maximum atomic E-state index is 12.1. The van der Waals surface area contributed by atoms with E-state index in [1.807, 2.05) is 6.07 Å². The highest BCUT2D eigenvalue weighted by Gasteiger charge is 2.17. The Balaban J connectivity index is 1.30. The molecule has 0 radical (unpaired) electrons. The van der Waals surface area contributed by atoms with E-state index in [0.29, 0.717) is 25.3 Å². The number of rotatable bonds is 6. The molecule has 1 N–H and O–H groups in total. The van der Waals surface area contributed by atoms with Gasteiger partial charge in [-0.25, -0.2) is 4.98 Å². The lowest BCUT2D eigenvalue weighted by Crippen LogP contribution is -2.24. The number of benzene rings is 1. The lowest BCUT2D eigenvalue weighted by Gasteiger charge is -2.05. The van der Waals surface area contributed by atoms with Crippen LogP contribution in [0.3, 0.4) is 0 Å². The SMILES string of the molecule is Cc1ccc(-c2cnc(CCC(=O)NCc3nnc4n3CCC4)o2)cc1C. The average Bonchev–Trinajstić information content (AvgIpc) is 3.38. The molecule has 7 heteroatoms. The average molecular weight is 365 g/mol. The van der Waals surface area contributed by atoms with Crippen molar-refractivity contribution in [2.75, 3.05) is 0 Å². The van der Waals surface area contributed by atoms with Gasteiger partial charge in [0.05, 0.1) is 12.7 Å². The van der Waals surface area contributed by atoms with E-state index in [1.165, 1.54) is 11.1 Å². The molecule has 7 nitrogen and oxygen atoms in total. The van der Waals surface area contributed by atoms with Crippen LogP contribution in [0.5, 0.6) is 0 Å². The second-order valence-corrected chi connectivity index (χ2v) is 6.98. The van der Waals surface area contributed by atoms with Crippen molar-refractivity contribution >= 4 is 5.91 Å². The second kappa shape index (κ2) is 7.34. The van der Waals surface area contributed by atoms with Crippen LogP contribution in [0.1, 0.15) is 41.5 Å². The highest BCUT2D eigenvalue weighted by atomic mass is 16.4. The van der Waals surface area contributed by atoms with Crippen molar-refractivity contribution in [1.29, 1.82) is 0 Å². The second-order valence-electron chi connectivity index (χ2n) is 6.98. The van der Waals surface area contributed by atoms with E-state index < -0.39 is 0 Å². The Morgan fingerprint density at radius 2 is 2.15 bits per heavy atom. The Bertz CT molecular complexity index is 973. The zero-order valence-electron chi connectivity index (χ0n) is 15.7. The summed E-state index contributed by atoms with van der Waals surface area (Å²) in [5.41, 5.74) is 3.46. The van der Waals surface area contributed by atoms with Gasteiger partial charge in [-0.05, 0) is 37.5 Å². The molecule has 1 aromatic carbocycles. The maximum Gasteiger partial charge on any atom is 0.220 e. The van der Waals surface area contributed by atoms with Crippen LogP contribution < -0.4 is 5.32 Å². The largest absolute Gasteiger partial charge is 0.441 e. The van der Waals surface area contributed by atoms with Gasteiger partial charge >= 0.3 is 0 Å². The first kappa shape index (κ1) is 17.5. The first-order valence-corrected chi connectivity index (χ1v) is 9.30. The van der Waals surface area contributed by atoms with Crippen molar-refractivity contribution in [1.82, 2.24) is 25.1 Å². The predicted molar refractivity (Wildman–Crippen MR) is 99.9 cm³/mol. The number of hydrogen-bond acceptors (Lipinski definition) is 5. The van der Waals surface area contributed by atoms with Crippen molar-refractivity contribution in [3.05, 3.63) is 53.1 Å². The van der Waals surface area contributed by atoms with E-state index in [2.05, 4.69) is 51.0 Å². The summed E-state index contributed by atoms with van der Waals surface area (Å²) < 4.78 is 7.90. The Hall–Kier alpha value is -2.96. The summed E-state index contributed by atoms with van der Waals surface area (Å²) in [5, 5.41) is 11.2. The molecule has 0 unspecified atom stereocenters. The lowest BCUT2D eigenvalue weighted by atomic mass is 10.1. The summed E-state index contributed by atoms with van der Waals surface area (Å²) in [6.45, 7) is 5.50. The number of hydrogen-bond donors (Lipinski definition) is 1. The molecule has 0 saturated carbocycles. The molecule has 0 aliphatic carbocycles. The summed E-state index contributed by atoms with van der Waals surface area (Å²) in [7, 11) is 0. The molecule has 4 rings (SSSR count). The fraction of sp³-hybridized carbons (Fsp3) is 0.400. The summed E-state index contributed by atoms with van der Waals surface area (Å²) in [6.07, 6.45) is 4.58. The van der Waals surface area contributed by atoms with Crippen molar-refractivity contribution < 1.29 is 9.21 Å². The van der Waals surface area contributed by atoms with Crippen LogP contribution >= 0.6 is 0 Å².